The Morgan fingerprint density at radius 1 is 1.47 bits per heavy atom. The summed E-state index contributed by atoms with van der Waals surface area (Å²) in [6, 6.07) is 3.73. The molecule has 0 spiro atoms. The van der Waals surface area contributed by atoms with Crippen molar-refractivity contribution in [1.82, 2.24) is 4.57 Å². The molecule has 0 aromatic carbocycles. The molecule has 0 saturated heterocycles. The molecule has 0 aliphatic heterocycles. The number of rotatable bonds is 5. The summed E-state index contributed by atoms with van der Waals surface area (Å²) >= 11 is 0. The number of pyridine rings is 1. The molecule has 1 aromatic rings. The molecule has 0 aliphatic rings. The molecular formula is C12H20N2O. The molecule has 2 N–H and O–H groups in total. The van der Waals surface area contributed by atoms with E-state index in [2.05, 4.69) is 13.8 Å². The van der Waals surface area contributed by atoms with Gasteiger partial charge in [0.15, 0.2) is 0 Å². The third-order valence-electron chi connectivity index (χ3n) is 2.29. The Bertz CT molecular complexity index is 355. The van der Waals surface area contributed by atoms with Crippen LogP contribution in [-0.4, -0.2) is 11.1 Å². The highest BCUT2D eigenvalue weighted by molar-refractivity contribution is 5.11. The molecule has 0 atom stereocenters. The maximum absolute atomic E-state index is 11.7. The summed E-state index contributed by atoms with van der Waals surface area (Å²) in [6.07, 6.45) is 3.72. The zero-order chi connectivity index (χ0) is 11.3. The van der Waals surface area contributed by atoms with Gasteiger partial charge in [-0.15, -0.1) is 0 Å². The van der Waals surface area contributed by atoms with Gasteiger partial charge in [0.1, 0.15) is 0 Å². The first-order valence-corrected chi connectivity index (χ1v) is 5.53. The molecule has 0 aliphatic carbocycles. The van der Waals surface area contributed by atoms with Gasteiger partial charge in [-0.05, 0) is 36.9 Å². The lowest BCUT2D eigenvalue weighted by molar-refractivity contribution is 0.510. The van der Waals surface area contributed by atoms with Crippen molar-refractivity contribution in [2.24, 2.45) is 11.7 Å². The molecule has 3 heteroatoms. The topological polar surface area (TPSA) is 48.0 Å². The van der Waals surface area contributed by atoms with Crippen LogP contribution in [0.25, 0.3) is 0 Å². The van der Waals surface area contributed by atoms with Crippen LogP contribution in [0.4, 0.5) is 0 Å². The monoisotopic (exact) mass is 208 g/mol. The Morgan fingerprint density at radius 3 is 2.73 bits per heavy atom. The first-order chi connectivity index (χ1) is 7.13. The molecule has 0 bridgehead atoms. The number of aryl methyl sites for hydroxylation is 1. The molecule has 1 heterocycles. The average molecular weight is 208 g/mol. The van der Waals surface area contributed by atoms with Crippen LogP contribution in [0.15, 0.2) is 23.1 Å². The minimum Gasteiger partial charge on any atom is -0.330 e. The number of hydrogen-bond donors (Lipinski definition) is 1. The second kappa shape index (κ2) is 5.71. The van der Waals surface area contributed by atoms with E-state index in [1.807, 2.05) is 12.3 Å². The van der Waals surface area contributed by atoms with Gasteiger partial charge in [0.25, 0.3) is 5.56 Å². The van der Waals surface area contributed by atoms with Gasteiger partial charge in [-0.2, -0.15) is 0 Å². The molecule has 0 unspecified atom stereocenters. The van der Waals surface area contributed by atoms with Crippen LogP contribution >= 0.6 is 0 Å². The minimum absolute atomic E-state index is 0.0956. The molecule has 0 fully saturated rings. The fourth-order valence-electron chi connectivity index (χ4n) is 1.55. The van der Waals surface area contributed by atoms with Crippen molar-refractivity contribution in [2.75, 3.05) is 6.54 Å². The highest BCUT2D eigenvalue weighted by atomic mass is 16.1. The highest BCUT2D eigenvalue weighted by Gasteiger charge is 2.00. The van der Waals surface area contributed by atoms with Crippen molar-refractivity contribution in [3.8, 4) is 0 Å². The van der Waals surface area contributed by atoms with Crippen LogP contribution in [0.1, 0.15) is 25.8 Å². The molecule has 1 aromatic heterocycles. The molecule has 0 radical (unpaired) electrons. The van der Waals surface area contributed by atoms with Gasteiger partial charge >= 0.3 is 0 Å². The number of nitrogens with zero attached hydrogens (tertiary/aromatic N) is 1. The van der Waals surface area contributed by atoms with Crippen molar-refractivity contribution in [3.63, 3.8) is 0 Å². The van der Waals surface area contributed by atoms with E-state index in [1.165, 1.54) is 0 Å². The lowest BCUT2D eigenvalue weighted by atomic mass is 10.1. The van der Waals surface area contributed by atoms with Crippen molar-refractivity contribution in [3.05, 3.63) is 34.2 Å². The lowest BCUT2D eigenvalue weighted by Crippen LogP contribution is -2.21. The third-order valence-corrected chi connectivity index (χ3v) is 2.29. The van der Waals surface area contributed by atoms with E-state index in [1.54, 1.807) is 10.6 Å². The first-order valence-electron chi connectivity index (χ1n) is 5.53. The van der Waals surface area contributed by atoms with Crippen LogP contribution in [-0.2, 0) is 13.0 Å². The van der Waals surface area contributed by atoms with Crippen molar-refractivity contribution >= 4 is 0 Å². The Hall–Kier alpha value is -1.09. The Labute approximate surface area is 90.9 Å². The largest absolute Gasteiger partial charge is 0.330 e. The second-order valence-corrected chi connectivity index (χ2v) is 4.31. The second-order valence-electron chi connectivity index (χ2n) is 4.31. The Balaban J connectivity index is 2.74. The zero-order valence-electron chi connectivity index (χ0n) is 9.57. The van der Waals surface area contributed by atoms with Crippen LogP contribution in [0.3, 0.4) is 0 Å². The number of hydrogen-bond acceptors (Lipinski definition) is 2. The Kier molecular flexibility index (Phi) is 4.56. The van der Waals surface area contributed by atoms with Crippen LogP contribution in [0.5, 0.6) is 0 Å². The zero-order valence-corrected chi connectivity index (χ0v) is 9.57. The normalized spacial score (nSPS) is 10.9. The maximum Gasteiger partial charge on any atom is 0.250 e. The quantitative estimate of drug-likeness (QED) is 0.795. The SMILES string of the molecule is CC(C)Cn1ccc(CCCN)cc1=O. The lowest BCUT2D eigenvalue weighted by Gasteiger charge is -2.09. The third kappa shape index (κ3) is 3.88. The maximum atomic E-state index is 11.7. The van der Waals surface area contributed by atoms with E-state index in [9.17, 15) is 4.79 Å². The molecule has 0 saturated carbocycles. The molecule has 3 nitrogen and oxygen atoms in total. The molecule has 15 heavy (non-hydrogen) atoms. The van der Waals surface area contributed by atoms with E-state index >= 15 is 0 Å². The fourth-order valence-corrected chi connectivity index (χ4v) is 1.55. The van der Waals surface area contributed by atoms with Gasteiger partial charge in [0.05, 0.1) is 0 Å². The first kappa shape index (κ1) is 12.0. The van der Waals surface area contributed by atoms with Crippen LogP contribution in [0.2, 0.25) is 0 Å². The fraction of sp³-hybridized carbons (Fsp3) is 0.583. The number of nitrogens with two attached hydrogens (primary N) is 1. The summed E-state index contributed by atoms with van der Waals surface area (Å²) in [5.41, 5.74) is 6.61. The van der Waals surface area contributed by atoms with Crippen LogP contribution in [0, 0.1) is 5.92 Å². The Morgan fingerprint density at radius 2 is 2.20 bits per heavy atom. The molecule has 0 amide bonds. The minimum atomic E-state index is 0.0956. The van der Waals surface area contributed by atoms with Gasteiger partial charge in [0.2, 0.25) is 0 Å². The molecule has 84 valence electrons. The summed E-state index contributed by atoms with van der Waals surface area (Å²) in [6.45, 7) is 5.68. The summed E-state index contributed by atoms with van der Waals surface area (Å²) in [7, 11) is 0. The van der Waals surface area contributed by atoms with E-state index < -0.39 is 0 Å². The summed E-state index contributed by atoms with van der Waals surface area (Å²) in [5.74, 6) is 0.498. The van der Waals surface area contributed by atoms with E-state index in [0.29, 0.717) is 12.5 Å². The standard InChI is InChI=1S/C12H20N2O/c1-10(2)9-14-7-5-11(4-3-6-13)8-12(14)15/h5,7-8,10H,3-4,6,9,13H2,1-2H3. The van der Waals surface area contributed by atoms with Crippen molar-refractivity contribution < 1.29 is 0 Å². The average Bonchev–Trinajstić information content (AvgIpc) is 2.18. The predicted octanol–water partition coefficient (Wildman–Crippen LogP) is 1.40. The van der Waals surface area contributed by atoms with Gasteiger partial charge in [-0.25, -0.2) is 0 Å². The van der Waals surface area contributed by atoms with Crippen LogP contribution < -0.4 is 11.3 Å². The van der Waals surface area contributed by atoms with Crippen molar-refractivity contribution in [1.29, 1.82) is 0 Å². The highest BCUT2D eigenvalue weighted by Crippen LogP contribution is 2.01. The van der Waals surface area contributed by atoms with E-state index in [4.69, 9.17) is 5.73 Å². The summed E-state index contributed by atoms with van der Waals surface area (Å²) in [5, 5.41) is 0. The summed E-state index contributed by atoms with van der Waals surface area (Å²) in [4.78, 5) is 11.7. The van der Waals surface area contributed by atoms with E-state index in [0.717, 1.165) is 24.9 Å². The smallest absolute Gasteiger partial charge is 0.250 e. The molecular weight excluding hydrogens is 188 g/mol. The van der Waals surface area contributed by atoms with Gasteiger partial charge < -0.3 is 10.3 Å². The van der Waals surface area contributed by atoms with E-state index in [-0.39, 0.29) is 5.56 Å². The predicted molar refractivity (Wildman–Crippen MR) is 62.9 cm³/mol. The van der Waals surface area contributed by atoms with Gasteiger partial charge in [-0.3, -0.25) is 4.79 Å². The number of aromatic nitrogens is 1. The molecule has 1 rings (SSSR count). The van der Waals surface area contributed by atoms with Gasteiger partial charge in [-0.1, -0.05) is 13.8 Å². The van der Waals surface area contributed by atoms with Crippen molar-refractivity contribution in [2.45, 2.75) is 33.2 Å². The summed E-state index contributed by atoms with van der Waals surface area (Å²) < 4.78 is 1.76. The van der Waals surface area contributed by atoms with Gasteiger partial charge in [0, 0.05) is 18.8 Å².